The first-order valence-electron chi connectivity index (χ1n) is 10.4. The summed E-state index contributed by atoms with van der Waals surface area (Å²) >= 11 is 6.76. The zero-order chi connectivity index (χ0) is 26.7. The number of thioether (sulfide) groups is 1. The fourth-order valence-corrected chi connectivity index (χ4v) is 4.38. The summed E-state index contributed by atoms with van der Waals surface area (Å²) in [5.41, 5.74) is -0.365. The van der Waals surface area contributed by atoms with Crippen molar-refractivity contribution in [2.24, 2.45) is 0 Å². The van der Waals surface area contributed by atoms with E-state index in [1.54, 1.807) is 24.3 Å². The van der Waals surface area contributed by atoms with Gasteiger partial charge >= 0.3 is 5.97 Å². The van der Waals surface area contributed by atoms with Crippen LogP contribution in [0.2, 0.25) is 5.02 Å². The number of rotatable bonds is 7. The SMILES string of the molecule is O=C(Oc1ccc(/C=C2\SC(=O)N(Cc3cccc(Cl)c3)C2=O)cc1)c1cc([N+](=O)[O-])cc([N+](=O)[O-])c1. The lowest BCUT2D eigenvalue weighted by Gasteiger charge is -2.12. The monoisotopic (exact) mass is 539 g/mol. The van der Waals surface area contributed by atoms with E-state index in [-0.39, 0.29) is 22.8 Å². The minimum atomic E-state index is -1.03. The third-order valence-corrected chi connectivity index (χ3v) is 6.19. The second-order valence-corrected chi connectivity index (χ2v) is 9.04. The molecule has 1 saturated heterocycles. The van der Waals surface area contributed by atoms with Gasteiger partial charge in [0.05, 0.1) is 32.9 Å². The number of nitro benzene ring substituents is 2. The molecule has 0 unspecified atom stereocenters. The molecular formula is C24H14ClN3O8S. The highest BCUT2D eigenvalue weighted by atomic mass is 35.5. The molecule has 3 aromatic carbocycles. The summed E-state index contributed by atoms with van der Waals surface area (Å²) < 4.78 is 5.18. The molecule has 1 aliphatic rings. The van der Waals surface area contributed by atoms with Gasteiger partial charge in [0.25, 0.3) is 22.5 Å². The van der Waals surface area contributed by atoms with E-state index in [0.717, 1.165) is 34.9 Å². The number of amides is 2. The minimum absolute atomic E-state index is 0.0605. The van der Waals surface area contributed by atoms with Crippen molar-refractivity contribution in [3.63, 3.8) is 0 Å². The first-order chi connectivity index (χ1) is 17.6. The molecule has 4 rings (SSSR count). The average Bonchev–Trinajstić information content (AvgIpc) is 3.12. The Kier molecular flexibility index (Phi) is 7.32. The molecule has 1 aliphatic heterocycles. The molecule has 1 fully saturated rings. The molecule has 0 N–H and O–H groups in total. The van der Waals surface area contributed by atoms with E-state index in [2.05, 4.69) is 0 Å². The van der Waals surface area contributed by atoms with Crippen LogP contribution in [0.3, 0.4) is 0 Å². The summed E-state index contributed by atoms with van der Waals surface area (Å²) in [5, 5.41) is 22.1. The van der Waals surface area contributed by atoms with Crippen molar-refractivity contribution >= 4 is 57.9 Å². The van der Waals surface area contributed by atoms with Gasteiger partial charge in [-0.05, 0) is 53.2 Å². The number of hydrogen-bond donors (Lipinski definition) is 0. The molecule has 0 saturated carbocycles. The quantitative estimate of drug-likeness (QED) is 0.123. The highest BCUT2D eigenvalue weighted by Gasteiger charge is 2.35. The molecule has 13 heteroatoms. The largest absolute Gasteiger partial charge is 0.423 e. The first-order valence-corrected chi connectivity index (χ1v) is 11.6. The summed E-state index contributed by atoms with van der Waals surface area (Å²) in [6.07, 6.45) is 1.51. The number of carbonyl (C=O) groups is 3. The summed E-state index contributed by atoms with van der Waals surface area (Å²) in [4.78, 5) is 59.2. The van der Waals surface area contributed by atoms with Crippen LogP contribution in [0.1, 0.15) is 21.5 Å². The first kappa shape index (κ1) is 25.5. The third kappa shape index (κ3) is 6.00. The molecule has 0 bridgehead atoms. The summed E-state index contributed by atoms with van der Waals surface area (Å²) in [5.74, 6) is -1.43. The van der Waals surface area contributed by atoms with Crippen LogP contribution in [-0.2, 0) is 11.3 Å². The van der Waals surface area contributed by atoms with Crippen LogP contribution in [0.15, 0.2) is 71.6 Å². The Bertz CT molecular complexity index is 1460. The fourth-order valence-electron chi connectivity index (χ4n) is 3.33. The van der Waals surface area contributed by atoms with Gasteiger partial charge in [-0.3, -0.25) is 34.7 Å². The van der Waals surface area contributed by atoms with Crippen molar-refractivity contribution in [3.05, 3.63) is 114 Å². The molecule has 0 aliphatic carbocycles. The molecule has 0 radical (unpaired) electrons. The second-order valence-electron chi connectivity index (χ2n) is 7.61. The highest BCUT2D eigenvalue weighted by molar-refractivity contribution is 8.18. The number of ether oxygens (including phenoxy) is 1. The van der Waals surface area contributed by atoms with Gasteiger partial charge in [0.1, 0.15) is 5.75 Å². The van der Waals surface area contributed by atoms with E-state index in [0.29, 0.717) is 16.1 Å². The van der Waals surface area contributed by atoms with Gasteiger partial charge in [-0.25, -0.2) is 4.79 Å². The van der Waals surface area contributed by atoms with Crippen LogP contribution >= 0.6 is 23.4 Å². The van der Waals surface area contributed by atoms with Crippen molar-refractivity contribution in [3.8, 4) is 5.75 Å². The van der Waals surface area contributed by atoms with E-state index in [1.165, 1.54) is 30.3 Å². The molecule has 3 aromatic rings. The molecule has 0 atom stereocenters. The predicted molar refractivity (Wildman–Crippen MR) is 134 cm³/mol. The third-order valence-electron chi connectivity index (χ3n) is 5.05. The van der Waals surface area contributed by atoms with Crippen molar-refractivity contribution in [2.75, 3.05) is 0 Å². The van der Waals surface area contributed by atoms with Crippen LogP contribution in [0.25, 0.3) is 6.08 Å². The van der Waals surface area contributed by atoms with E-state index >= 15 is 0 Å². The number of nitro groups is 2. The van der Waals surface area contributed by atoms with Crippen molar-refractivity contribution in [1.29, 1.82) is 0 Å². The topological polar surface area (TPSA) is 150 Å². The van der Waals surface area contributed by atoms with Crippen LogP contribution in [0.4, 0.5) is 16.2 Å². The van der Waals surface area contributed by atoms with E-state index < -0.39 is 38.3 Å². The molecule has 11 nitrogen and oxygen atoms in total. The molecule has 0 spiro atoms. The van der Waals surface area contributed by atoms with E-state index in [9.17, 15) is 34.6 Å². The lowest BCUT2D eigenvalue weighted by Crippen LogP contribution is -2.27. The second kappa shape index (κ2) is 10.6. The van der Waals surface area contributed by atoms with Gasteiger partial charge in [-0.1, -0.05) is 35.9 Å². The van der Waals surface area contributed by atoms with Gasteiger partial charge in [-0.15, -0.1) is 0 Å². The number of non-ortho nitro benzene ring substituents is 2. The van der Waals surface area contributed by atoms with Crippen molar-refractivity contribution in [1.82, 2.24) is 4.90 Å². The van der Waals surface area contributed by atoms with Crippen molar-refractivity contribution < 1.29 is 29.0 Å². The number of carbonyl (C=O) groups excluding carboxylic acids is 3. The number of hydrogen-bond acceptors (Lipinski definition) is 9. The Morgan fingerprint density at radius 2 is 1.62 bits per heavy atom. The molecule has 0 aromatic heterocycles. The molecule has 186 valence electrons. The maximum absolute atomic E-state index is 12.7. The Morgan fingerprint density at radius 1 is 0.973 bits per heavy atom. The maximum Gasteiger partial charge on any atom is 0.344 e. The standard InChI is InChI=1S/C24H14ClN3O8S/c25-17-3-1-2-15(8-17)13-26-22(29)21(37-24(26)31)9-14-4-6-20(7-5-14)36-23(30)16-10-18(27(32)33)12-19(11-16)28(34)35/h1-12H,13H2/b21-9-. The van der Waals surface area contributed by atoms with Gasteiger partial charge in [0, 0.05) is 17.2 Å². The molecule has 1 heterocycles. The van der Waals surface area contributed by atoms with Gasteiger partial charge < -0.3 is 4.74 Å². The van der Waals surface area contributed by atoms with Gasteiger partial charge in [0.15, 0.2) is 0 Å². The number of imide groups is 1. The molecular weight excluding hydrogens is 526 g/mol. The smallest absolute Gasteiger partial charge is 0.344 e. The lowest BCUT2D eigenvalue weighted by molar-refractivity contribution is -0.394. The Morgan fingerprint density at radius 3 is 2.22 bits per heavy atom. The average molecular weight is 540 g/mol. The maximum atomic E-state index is 12.7. The Balaban J connectivity index is 1.47. The van der Waals surface area contributed by atoms with E-state index in [4.69, 9.17) is 16.3 Å². The minimum Gasteiger partial charge on any atom is -0.423 e. The summed E-state index contributed by atoms with van der Waals surface area (Å²) in [7, 11) is 0. The number of esters is 1. The zero-order valence-electron chi connectivity index (χ0n) is 18.5. The van der Waals surface area contributed by atoms with Crippen molar-refractivity contribution in [2.45, 2.75) is 6.54 Å². The van der Waals surface area contributed by atoms with Gasteiger partial charge in [0.2, 0.25) is 0 Å². The van der Waals surface area contributed by atoms with Gasteiger partial charge in [-0.2, -0.15) is 0 Å². The van der Waals surface area contributed by atoms with Crippen LogP contribution in [0.5, 0.6) is 5.75 Å². The fraction of sp³-hybridized carbons (Fsp3) is 0.0417. The number of benzene rings is 3. The predicted octanol–water partition coefficient (Wildman–Crippen LogP) is 5.61. The summed E-state index contributed by atoms with van der Waals surface area (Å²) in [6, 6.07) is 15.2. The lowest BCUT2D eigenvalue weighted by atomic mass is 10.1. The Labute approximate surface area is 217 Å². The zero-order valence-corrected chi connectivity index (χ0v) is 20.1. The summed E-state index contributed by atoms with van der Waals surface area (Å²) in [6.45, 7) is 0.0767. The van der Waals surface area contributed by atoms with Crippen LogP contribution in [-0.4, -0.2) is 31.9 Å². The van der Waals surface area contributed by atoms with Crippen LogP contribution < -0.4 is 4.74 Å². The normalized spacial score (nSPS) is 14.2. The molecule has 2 amide bonds. The number of nitrogens with zero attached hydrogens (tertiary/aromatic N) is 3. The highest BCUT2D eigenvalue weighted by Crippen LogP contribution is 2.34. The molecule has 37 heavy (non-hydrogen) atoms. The van der Waals surface area contributed by atoms with E-state index in [1.807, 2.05) is 0 Å². The number of halogens is 1. The Hall–Kier alpha value is -4.55. The van der Waals surface area contributed by atoms with Crippen LogP contribution in [0, 0.1) is 20.2 Å².